The van der Waals surface area contributed by atoms with Gasteiger partial charge in [-0.1, -0.05) is 28.1 Å². The van der Waals surface area contributed by atoms with Crippen LogP contribution in [0.3, 0.4) is 0 Å². The molecule has 5 heteroatoms. The summed E-state index contributed by atoms with van der Waals surface area (Å²) in [5, 5.41) is 8.30. The molecule has 1 heterocycles. The molecule has 0 bridgehead atoms. The van der Waals surface area contributed by atoms with Crippen molar-refractivity contribution in [2.75, 3.05) is 0 Å². The number of nitrogens with two attached hydrogens (primary N) is 1. The van der Waals surface area contributed by atoms with Crippen molar-refractivity contribution in [3.05, 3.63) is 40.1 Å². The van der Waals surface area contributed by atoms with Gasteiger partial charge >= 0.3 is 0 Å². The number of nitrogens with zero attached hydrogens (tertiary/aromatic N) is 3. The highest BCUT2D eigenvalue weighted by molar-refractivity contribution is 9.10. The lowest BCUT2D eigenvalue weighted by Gasteiger charge is -2.13. The maximum Gasteiger partial charge on any atom is 0.102 e. The molecule has 2 rings (SSSR count). The maximum absolute atomic E-state index is 6.02. The van der Waals surface area contributed by atoms with Gasteiger partial charge in [-0.15, -0.1) is 5.10 Å². The van der Waals surface area contributed by atoms with Crippen molar-refractivity contribution in [3.63, 3.8) is 0 Å². The van der Waals surface area contributed by atoms with Crippen LogP contribution >= 0.6 is 15.9 Å². The summed E-state index contributed by atoms with van der Waals surface area (Å²) in [6.45, 7) is 5.96. The van der Waals surface area contributed by atoms with E-state index in [0.717, 1.165) is 22.3 Å². The standard InChI is InChI=1S/C13H17BrN4/c1-4-9-7-10(14)5-6-11(9)18-8-12(16-17-18)13(2,3)15/h5-8H,4,15H2,1-3H3. The van der Waals surface area contributed by atoms with E-state index < -0.39 is 5.54 Å². The minimum absolute atomic E-state index is 0.472. The smallest absolute Gasteiger partial charge is 0.102 e. The second-order valence-corrected chi connectivity index (χ2v) is 5.81. The highest BCUT2D eigenvalue weighted by atomic mass is 79.9. The molecule has 0 spiro atoms. The topological polar surface area (TPSA) is 56.7 Å². The van der Waals surface area contributed by atoms with Gasteiger partial charge in [0.25, 0.3) is 0 Å². The van der Waals surface area contributed by atoms with E-state index in [-0.39, 0.29) is 0 Å². The normalized spacial score (nSPS) is 11.8. The third-order valence-electron chi connectivity index (χ3n) is 2.82. The number of halogens is 1. The molecule has 0 radical (unpaired) electrons. The van der Waals surface area contributed by atoms with Gasteiger partial charge in [0.15, 0.2) is 0 Å². The predicted octanol–water partition coefficient (Wildman–Crippen LogP) is 2.79. The summed E-state index contributed by atoms with van der Waals surface area (Å²) in [6.07, 6.45) is 2.83. The second kappa shape index (κ2) is 4.82. The molecule has 4 nitrogen and oxygen atoms in total. The molecule has 0 atom stereocenters. The van der Waals surface area contributed by atoms with Crippen molar-refractivity contribution in [1.29, 1.82) is 0 Å². The molecule has 2 N–H and O–H groups in total. The first kappa shape index (κ1) is 13.2. The fourth-order valence-corrected chi connectivity index (χ4v) is 2.15. The summed E-state index contributed by atoms with van der Waals surface area (Å²) >= 11 is 3.48. The molecular formula is C13H17BrN4. The molecule has 0 aliphatic rings. The van der Waals surface area contributed by atoms with E-state index in [1.54, 1.807) is 4.68 Å². The molecule has 0 saturated heterocycles. The number of benzene rings is 1. The third-order valence-corrected chi connectivity index (χ3v) is 3.32. The fraction of sp³-hybridized carbons (Fsp3) is 0.385. The zero-order valence-corrected chi connectivity index (χ0v) is 12.4. The van der Waals surface area contributed by atoms with Crippen molar-refractivity contribution in [2.45, 2.75) is 32.7 Å². The molecule has 0 fully saturated rings. The highest BCUT2D eigenvalue weighted by Gasteiger charge is 2.19. The van der Waals surface area contributed by atoms with E-state index in [4.69, 9.17) is 5.73 Å². The van der Waals surface area contributed by atoms with Crippen molar-refractivity contribution >= 4 is 15.9 Å². The average Bonchev–Trinajstić information content (AvgIpc) is 2.77. The molecule has 1 aromatic heterocycles. The zero-order chi connectivity index (χ0) is 13.3. The van der Waals surface area contributed by atoms with Crippen LogP contribution in [0.2, 0.25) is 0 Å². The molecular weight excluding hydrogens is 292 g/mol. The third kappa shape index (κ3) is 2.62. The van der Waals surface area contributed by atoms with Crippen LogP contribution in [0.5, 0.6) is 0 Å². The molecule has 1 aromatic carbocycles. The summed E-state index contributed by atoms with van der Waals surface area (Å²) in [5.41, 5.74) is 8.60. The molecule has 0 saturated carbocycles. The molecule has 18 heavy (non-hydrogen) atoms. The Hall–Kier alpha value is -1.20. The van der Waals surface area contributed by atoms with Gasteiger partial charge in [-0.2, -0.15) is 0 Å². The Labute approximate surface area is 115 Å². The number of hydrogen-bond donors (Lipinski definition) is 1. The van der Waals surface area contributed by atoms with Gasteiger partial charge in [-0.05, 0) is 44.0 Å². The summed E-state index contributed by atoms with van der Waals surface area (Å²) < 4.78 is 2.86. The first-order chi connectivity index (χ1) is 8.41. The van der Waals surface area contributed by atoms with Crippen molar-refractivity contribution in [3.8, 4) is 5.69 Å². The van der Waals surface area contributed by atoms with Gasteiger partial charge in [-0.25, -0.2) is 4.68 Å². The molecule has 2 aromatic rings. The van der Waals surface area contributed by atoms with Gasteiger partial charge in [-0.3, -0.25) is 0 Å². The highest BCUT2D eigenvalue weighted by Crippen LogP contribution is 2.21. The Morgan fingerprint density at radius 2 is 2.11 bits per heavy atom. The van der Waals surface area contributed by atoms with Gasteiger partial charge in [0.2, 0.25) is 0 Å². The van der Waals surface area contributed by atoms with Gasteiger partial charge < -0.3 is 5.73 Å². The summed E-state index contributed by atoms with van der Waals surface area (Å²) in [5.74, 6) is 0. The number of rotatable bonds is 3. The van der Waals surface area contributed by atoms with E-state index in [1.165, 1.54) is 5.56 Å². The number of hydrogen-bond acceptors (Lipinski definition) is 3. The van der Waals surface area contributed by atoms with E-state index >= 15 is 0 Å². The minimum atomic E-state index is -0.472. The van der Waals surface area contributed by atoms with Crippen molar-refractivity contribution in [2.24, 2.45) is 5.73 Å². The average molecular weight is 309 g/mol. The van der Waals surface area contributed by atoms with Crippen molar-refractivity contribution < 1.29 is 0 Å². The van der Waals surface area contributed by atoms with Gasteiger partial charge in [0.1, 0.15) is 5.69 Å². The Morgan fingerprint density at radius 3 is 2.67 bits per heavy atom. The Morgan fingerprint density at radius 1 is 1.39 bits per heavy atom. The molecule has 0 amide bonds. The van der Waals surface area contributed by atoms with Crippen LogP contribution in [0.25, 0.3) is 5.69 Å². The lowest BCUT2D eigenvalue weighted by atomic mass is 10.0. The Balaban J connectivity index is 2.46. The summed E-state index contributed by atoms with van der Waals surface area (Å²) in [4.78, 5) is 0. The molecule has 96 valence electrons. The fourth-order valence-electron chi connectivity index (χ4n) is 1.74. The molecule has 0 aliphatic carbocycles. The first-order valence-electron chi connectivity index (χ1n) is 5.92. The largest absolute Gasteiger partial charge is 0.320 e. The number of aromatic nitrogens is 3. The number of aryl methyl sites for hydroxylation is 1. The van der Waals surface area contributed by atoms with Crippen LogP contribution in [0, 0.1) is 0 Å². The van der Waals surface area contributed by atoms with Gasteiger partial charge in [0.05, 0.1) is 17.4 Å². The summed E-state index contributed by atoms with van der Waals surface area (Å²) in [6, 6.07) is 6.14. The van der Waals surface area contributed by atoms with Crippen LogP contribution in [0.15, 0.2) is 28.9 Å². The molecule has 0 unspecified atom stereocenters. The lowest BCUT2D eigenvalue weighted by molar-refractivity contribution is 0.533. The quantitative estimate of drug-likeness (QED) is 0.948. The second-order valence-electron chi connectivity index (χ2n) is 4.90. The van der Waals surface area contributed by atoms with Crippen LogP contribution in [0.1, 0.15) is 32.0 Å². The van der Waals surface area contributed by atoms with Crippen LogP contribution in [-0.4, -0.2) is 15.0 Å². The monoisotopic (exact) mass is 308 g/mol. The lowest BCUT2D eigenvalue weighted by Crippen LogP contribution is -2.29. The van der Waals surface area contributed by atoms with E-state index in [2.05, 4.69) is 39.2 Å². The van der Waals surface area contributed by atoms with Crippen LogP contribution < -0.4 is 5.73 Å². The van der Waals surface area contributed by atoms with E-state index in [1.807, 2.05) is 32.2 Å². The SMILES string of the molecule is CCc1cc(Br)ccc1-n1cc(C(C)(C)N)nn1. The van der Waals surface area contributed by atoms with E-state index in [9.17, 15) is 0 Å². The van der Waals surface area contributed by atoms with Crippen LogP contribution in [-0.2, 0) is 12.0 Å². The van der Waals surface area contributed by atoms with Gasteiger partial charge in [0, 0.05) is 4.47 Å². The van der Waals surface area contributed by atoms with Crippen LogP contribution in [0.4, 0.5) is 0 Å². The zero-order valence-electron chi connectivity index (χ0n) is 10.8. The Kier molecular flexibility index (Phi) is 3.54. The summed E-state index contributed by atoms with van der Waals surface area (Å²) in [7, 11) is 0. The maximum atomic E-state index is 6.02. The van der Waals surface area contributed by atoms with Crippen molar-refractivity contribution in [1.82, 2.24) is 15.0 Å². The molecule has 0 aliphatic heterocycles. The van der Waals surface area contributed by atoms with E-state index in [0.29, 0.717) is 0 Å². The first-order valence-corrected chi connectivity index (χ1v) is 6.71. The minimum Gasteiger partial charge on any atom is -0.320 e. The Bertz CT molecular complexity index is 554. The predicted molar refractivity (Wildman–Crippen MR) is 75.7 cm³/mol.